The summed E-state index contributed by atoms with van der Waals surface area (Å²) in [4.78, 5) is -0.403. The Morgan fingerprint density at radius 3 is 1.40 bits per heavy atom. The average Bonchev–Trinajstić information content (AvgIpc) is 3.16. The van der Waals surface area contributed by atoms with Crippen molar-refractivity contribution in [1.82, 2.24) is 0 Å². The fourth-order valence-corrected chi connectivity index (χ4v) is 7.83. The van der Waals surface area contributed by atoms with Crippen LogP contribution >= 0.6 is 0 Å². The van der Waals surface area contributed by atoms with Crippen molar-refractivity contribution < 1.29 is 45.6 Å². The Bertz CT molecular complexity index is 1840. The summed E-state index contributed by atoms with van der Waals surface area (Å²) < 4.78 is 79.3. The number of rotatable bonds is 24. The monoisotopic (exact) mass is 850 g/mol. The first-order valence-corrected chi connectivity index (χ1v) is 22.8. The van der Waals surface area contributed by atoms with Crippen LogP contribution in [0.1, 0.15) is 128 Å². The number of ether oxygens (including phenoxy) is 2. The van der Waals surface area contributed by atoms with E-state index in [4.69, 9.17) is 9.47 Å². The summed E-state index contributed by atoms with van der Waals surface area (Å²) in [6, 6.07) is 21.6. The molecule has 4 aromatic rings. The van der Waals surface area contributed by atoms with Crippen LogP contribution in [0, 0.1) is 0 Å². The molecule has 308 valence electrons. The maximum Gasteiger partial charge on any atom is 2.00 e. The maximum atomic E-state index is 11.8. The van der Waals surface area contributed by atoms with Gasteiger partial charge in [-0.05, 0) is 73.2 Å². The summed E-state index contributed by atoms with van der Waals surface area (Å²) in [6.07, 6.45) is 19.6. The topological polar surface area (TPSA) is 173 Å². The first-order valence-electron chi connectivity index (χ1n) is 19.9. The minimum atomic E-state index is -4.62. The minimum absolute atomic E-state index is 0. The van der Waals surface area contributed by atoms with E-state index in [1.165, 1.54) is 94.5 Å². The summed E-state index contributed by atoms with van der Waals surface area (Å²) in [7, 11) is -8.98. The van der Waals surface area contributed by atoms with Crippen LogP contribution in [0.4, 0.5) is 0 Å². The molecular formula is C44H58CaO10S2. The van der Waals surface area contributed by atoms with Gasteiger partial charge in [-0.15, -0.1) is 0 Å². The predicted octanol–water partition coefficient (Wildman–Crippen LogP) is 10.9. The van der Waals surface area contributed by atoms with E-state index in [-0.39, 0.29) is 82.0 Å². The molecule has 0 saturated carbocycles. The van der Waals surface area contributed by atoms with E-state index in [0.717, 1.165) is 38.5 Å². The molecule has 0 aliphatic rings. The first kappa shape index (κ1) is 50.3. The number of benzene rings is 4. The molecule has 0 atom stereocenters. The summed E-state index contributed by atoms with van der Waals surface area (Å²) >= 11 is 0. The van der Waals surface area contributed by atoms with Crippen molar-refractivity contribution in [3.05, 3.63) is 96.1 Å². The number of aryl methyl sites for hydroxylation is 2. The van der Waals surface area contributed by atoms with Crippen LogP contribution < -0.4 is 14.6 Å². The summed E-state index contributed by atoms with van der Waals surface area (Å²) in [5.74, 6) is 0.370. The molecule has 4 rings (SSSR count). The molecule has 0 saturated heterocycles. The molecule has 0 aliphatic heterocycles. The molecule has 0 unspecified atom stereocenters. The fourth-order valence-electron chi connectivity index (χ4n) is 6.31. The molecule has 0 fully saturated rings. The van der Waals surface area contributed by atoms with Crippen LogP contribution in [0.25, 0.3) is 0 Å². The van der Waals surface area contributed by atoms with Crippen LogP contribution in [0.2, 0.25) is 0 Å². The molecule has 2 N–H and O–H groups in total. The van der Waals surface area contributed by atoms with Crippen molar-refractivity contribution in [2.24, 2.45) is 0 Å². The Labute approximate surface area is 370 Å². The van der Waals surface area contributed by atoms with Crippen LogP contribution in [0.15, 0.2) is 94.7 Å². The van der Waals surface area contributed by atoms with Crippen molar-refractivity contribution in [3.8, 4) is 34.5 Å². The second kappa shape index (κ2) is 27.0. The van der Waals surface area contributed by atoms with Crippen molar-refractivity contribution >= 4 is 58.0 Å². The number of hydrogen-bond donors (Lipinski definition) is 2. The second-order valence-corrected chi connectivity index (χ2v) is 16.8. The Morgan fingerprint density at radius 2 is 0.947 bits per heavy atom. The Hall–Kier alpha value is -2.84. The van der Waals surface area contributed by atoms with Crippen LogP contribution in [-0.4, -0.2) is 68.8 Å². The van der Waals surface area contributed by atoms with Gasteiger partial charge in [-0.2, -0.15) is 8.42 Å². The minimum Gasteiger partial charge on any atom is -0.870 e. The number of hydrogen-bond acceptors (Lipinski definition) is 9. The molecule has 0 spiro atoms. The van der Waals surface area contributed by atoms with Gasteiger partial charge in [-0.1, -0.05) is 152 Å². The third-order valence-corrected chi connectivity index (χ3v) is 11.2. The molecule has 0 amide bonds. The first-order chi connectivity index (χ1) is 26.8. The van der Waals surface area contributed by atoms with Gasteiger partial charge in [0.25, 0.3) is 10.1 Å². The number of para-hydroxylation sites is 4. The third kappa shape index (κ3) is 19.2. The molecule has 0 aromatic heterocycles. The van der Waals surface area contributed by atoms with Crippen LogP contribution in [0.3, 0.4) is 0 Å². The Balaban J connectivity index is 0.000000387. The Kier molecular flexibility index (Phi) is 23.8. The van der Waals surface area contributed by atoms with Gasteiger partial charge >= 0.3 is 37.7 Å². The van der Waals surface area contributed by atoms with Gasteiger partial charge in [0.05, 0.1) is 4.90 Å². The van der Waals surface area contributed by atoms with E-state index in [2.05, 4.69) is 13.8 Å². The smallest absolute Gasteiger partial charge is 0.870 e. The molecule has 13 heteroatoms. The van der Waals surface area contributed by atoms with E-state index in [1.54, 1.807) is 54.6 Å². The van der Waals surface area contributed by atoms with Crippen molar-refractivity contribution in [2.75, 3.05) is 0 Å². The normalized spacial score (nSPS) is 11.3. The zero-order valence-corrected chi connectivity index (χ0v) is 37.3. The quantitative estimate of drug-likeness (QED) is 0.0392. The van der Waals surface area contributed by atoms with Crippen molar-refractivity contribution in [1.29, 1.82) is 0 Å². The van der Waals surface area contributed by atoms with E-state index >= 15 is 0 Å². The fraction of sp³-hybridized carbons (Fsp3) is 0.455. The van der Waals surface area contributed by atoms with Gasteiger partial charge in [0.1, 0.15) is 32.3 Å². The average molecular weight is 851 g/mol. The number of phenols is 1. The van der Waals surface area contributed by atoms with Crippen molar-refractivity contribution in [2.45, 2.75) is 139 Å². The number of aromatic hydroxyl groups is 1. The third-order valence-electron chi connectivity index (χ3n) is 9.39. The van der Waals surface area contributed by atoms with Crippen molar-refractivity contribution in [3.63, 3.8) is 0 Å². The second-order valence-electron chi connectivity index (χ2n) is 14.0. The molecule has 57 heavy (non-hydrogen) atoms. The zero-order valence-electron chi connectivity index (χ0n) is 33.5. The van der Waals surface area contributed by atoms with E-state index in [0.29, 0.717) is 24.0 Å². The molecule has 0 aliphatic carbocycles. The Morgan fingerprint density at radius 1 is 0.544 bits per heavy atom. The summed E-state index contributed by atoms with van der Waals surface area (Å²) in [5, 5.41) is 21.6. The summed E-state index contributed by atoms with van der Waals surface area (Å²) in [5.41, 5.74) is 1.09. The van der Waals surface area contributed by atoms with Gasteiger partial charge in [0.2, 0.25) is 0 Å². The van der Waals surface area contributed by atoms with Gasteiger partial charge < -0.3 is 24.2 Å². The van der Waals surface area contributed by atoms with Gasteiger partial charge in [0.15, 0.2) is 11.5 Å². The summed E-state index contributed by atoms with van der Waals surface area (Å²) in [6.45, 7) is 4.39. The van der Waals surface area contributed by atoms with E-state index < -0.39 is 20.2 Å². The number of phenolic OH excluding ortho intramolecular Hbond substituents is 1. The molecule has 0 bridgehead atoms. The molecule has 10 nitrogen and oxygen atoms in total. The van der Waals surface area contributed by atoms with Gasteiger partial charge in [0, 0.05) is 6.07 Å². The number of unbranched alkanes of at least 4 members (excludes halogenated alkanes) is 14. The molecule has 0 radical (unpaired) electrons. The van der Waals surface area contributed by atoms with E-state index in [1.807, 2.05) is 0 Å². The largest absolute Gasteiger partial charge is 2.00 e. The van der Waals surface area contributed by atoms with Crippen LogP contribution in [0.5, 0.6) is 34.5 Å². The van der Waals surface area contributed by atoms with Crippen LogP contribution in [-0.2, 0) is 33.1 Å². The SMILES string of the molecule is CCCCCCCCCCc1ccc(Oc2ccccc2O)cc1S(=O)(=O)O.CCCCCCCCCCc1ccc(Oc2ccccc2[O-])cc1S(=O)(=O)[O-].[Ca+2]. The molecule has 0 heterocycles. The predicted molar refractivity (Wildman–Crippen MR) is 223 cm³/mol. The van der Waals surface area contributed by atoms with Gasteiger partial charge in [-0.25, -0.2) is 8.42 Å². The maximum absolute atomic E-state index is 11.8. The molecule has 4 aromatic carbocycles. The standard InChI is InChI=1S/2C22H30O5S.Ca/c2*1-2-3-4-5-6-7-8-9-12-18-15-16-19(17-22(18)28(24,25)26)27-21-14-11-10-13-20(21)23;/h2*10-11,13-17,23H,2-9,12H2,1H3,(H,24,25,26);/q;;+2/p-2. The zero-order chi connectivity index (χ0) is 40.8. The molecular weight excluding hydrogens is 793 g/mol. The van der Waals surface area contributed by atoms with Gasteiger partial charge in [-0.3, -0.25) is 4.55 Å². The van der Waals surface area contributed by atoms with E-state index in [9.17, 15) is 36.2 Å².